The Morgan fingerprint density at radius 3 is 2.54 bits per heavy atom. The number of hydrogen-bond donors (Lipinski definition) is 0. The predicted molar refractivity (Wildman–Crippen MR) is 144 cm³/mol. The summed E-state index contributed by atoms with van der Waals surface area (Å²) < 4.78 is 37.5. The number of benzene rings is 2. The molecule has 0 radical (unpaired) electrons. The van der Waals surface area contributed by atoms with E-state index in [0.717, 1.165) is 0 Å². The SMILES string of the molecule is CCOc1ccc([C@H]2C(C(=O)OC)=CN=c3s/c(=C\c4ccc(-c5ccc(F)cc5)o4)c(=O)n32)cc1OCC. The van der Waals surface area contributed by atoms with Gasteiger partial charge in [-0.15, -0.1) is 0 Å². The molecule has 0 saturated heterocycles. The van der Waals surface area contributed by atoms with Crippen LogP contribution in [0.4, 0.5) is 4.39 Å². The van der Waals surface area contributed by atoms with Crippen molar-refractivity contribution in [1.29, 1.82) is 0 Å². The highest BCUT2D eigenvalue weighted by molar-refractivity contribution is 7.07. The van der Waals surface area contributed by atoms with Gasteiger partial charge in [0.1, 0.15) is 17.3 Å². The van der Waals surface area contributed by atoms with Crippen LogP contribution < -0.4 is 24.4 Å². The maximum atomic E-state index is 13.7. The van der Waals surface area contributed by atoms with Crippen molar-refractivity contribution in [3.63, 3.8) is 0 Å². The summed E-state index contributed by atoms with van der Waals surface area (Å²) >= 11 is 1.18. The molecule has 5 rings (SSSR count). The highest BCUT2D eigenvalue weighted by Crippen LogP contribution is 2.35. The summed E-state index contributed by atoms with van der Waals surface area (Å²) in [6.07, 6.45) is 3.06. The van der Waals surface area contributed by atoms with Crippen molar-refractivity contribution in [3.8, 4) is 22.8 Å². The minimum atomic E-state index is -0.794. The molecular weight excluding hydrogens is 523 g/mol. The number of aromatic nitrogens is 1. The van der Waals surface area contributed by atoms with E-state index in [9.17, 15) is 14.0 Å². The molecule has 200 valence electrons. The Hall–Kier alpha value is -4.44. The first kappa shape index (κ1) is 26.2. The molecule has 1 aliphatic heterocycles. The van der Waals surface area contributed by atoms with Crippen molar-refractivity contribution in [2.24, 2.45) is 4.99 Å². The van der Waals surface area contributed by atoms with Crippen LogP contribution in [0.15, 0.2) is 80.6 Å². The number of nitrogens with zero attached hydrogens (tertiary/aromatic N) is 2. The van der Waals surface area contributed by atoms with Gasteiger partial charge in [0.15, 0.2) is 16.3 Å². The molecule has 0 fully saturated rings. The number of fused-ring (bicyclic) bond motifs is 1. The van der Waals surface area contributed by atoms with Crippen LogP contribution in [0.1, 0.15) is 31.2 Å². The monoisotopic (exact) mass is 548 g/mol. The van der Waals surface area contributed by atoms with Crippen LogP contribution in [0.5, 0.6) is 11.5 Å². The molecule has 0 N–H and O–H groups in total. The lowest BCUT2D eigenvalue weighted by Crippen LogP contribution is -2.39. The van der Waals surface area contributed by atoms with Crippen LogP contribution in [-0.4, -0.2) is 30.9 Å². The molecule has 0 amide bonds. The molecule has 8 nitrogen and oxygen atoms in total. The van der Waals surface area contributed by atoms with Crippen molar-refractivity contribution in [2.45, 2.75) is 19.9 Å². The maximum absolute atomic E-state index is 13.7. The third-order valence-electron chi connectivity index (χ3n) is 6.04. The molecule has 1 atom stereocenters. The molecule has 0 spiro atoms. The van der Waals surface area contributed by atoms with Crippen LogP contribution in [0.25, 0.3) is 17.4 Å². The fourth-order valence-electron chi connectivity index (χ4n) is 4.32. The van der Waals surface area contributed by atoms with E-state index in [0.29, 0.717) is 56.7 Å². The summed E-state index contributed by atoms with van der Waals surface area (Å²) in [6, 6.07) is 13.9. The standard InChI is InChI=1S/C29H25FN2O6S/c1-4-36-23-12-8-18(14-24(23)37-5-2)26-21(28(34)35-3)16-31-29-32(26)27(33)25(39-29)15-20-11-13-22(38-20)17-6-9-19(30)10-7-17/h6-16,26H,4-5H2,1-3H3/b25-15-/t26-/m0/s1. The van der Waals surface area contributed by atoms with Crippen LogP contribution in [0.3, 0.4) is 0 Å². The van der Waals surface area contributed by atoms with Crippen molar-refractivity contribution >= 4 is 23.4 Å². The predicted octanol–water partition coefficient (Wildman–Crippen LogP) is 4.21. The zero-order valence-electron chi connectivity index (χ0n) is 21.5. The molecule has 2 aromatic carbocycles. The Balaban J connectivity index is 1.60. The first-order valence-corrected chi connectivity index (χ1v) is 13.1. The summed E-state index contributed by atoms with van der Waals surface area (Å²) in [5.74, 6) is 1.12. The van der Waals surface area contributed by atoms with E-state index in [1.54, 1.807) is 48.5 Å². The largest absolute Gasteiger partial charge is 0.490 e. The molecule has 0 aliphatic carbocycles. The van der Waals surface area contributed by atoms with E-state index in [4.69, 9.17) is 18.6 Å². The van der Waals surface area contributed by atoms with Gasteiger partial charge in [-0.1, -0.05) is 17.4 Å². The minimum Gasteiger partial charge on any atom is -0.490 e. The number of halogens is 1. The summed E-state index contributed by atoms with van der Waals surface area (Å²) in [4.78, 5) is 31.3. The number of ether oxygens (including phenoxy) is 3. The van der Waals surface area contributed by atoms with Gasteiger partial charge in [-0.2, -0.15) is 0 Å². The number of esters is 1. The molecule has 0 bridgehead atoms. The summed E-state index contributed by atoms with van der Waals surface area (Å²) in [6.45, 7) is 4.61. The minimum absolute atomic E-state index is 0.208. The van der Waals surface area contributed by atoms with E-state index in [1.165, 1.54) is 41.3 Å². The van der Waals surface area contributed by atoms with Gasteiger partial charge in [-0.25, -0.2) is 14.2 Å². The van der Waals surface area contributed by atoms with Crippen molar-refractivity contribution in [1.82, 2.24) is 4.57 Å². The van der Waals surface area contributed by atoms with Gasteiger partial charge in [0.25, 0.3) is 5.56 Å². The average Bonchev–Trinajstić information content (AvgIpc) is 3.54. The number of methoxy groups -OCH3 is 1. The fraction of sp³-hybridized carbons (Fsp3) is 0.207. The van der Waals surface area contributed by atoms with Gasteiger partial charge in [-0.05, 0) is 67.9 Å². The number of carbonyl (C=O) groups excluding carboxylic acids is 1. The molecule has 0 unspecified atom stereocenters. The van der Waals surface area contributed by atoms with E-state index in [1.807, 2.05) is 13.8 Å². The Bertz CT molecular complexity index is 1730. The number of hydrogen-bond acceptors (Lipinski definition) is 8. The second kappa shape index (κ2) is 11.1. The normalized spacial score (nSPS) is 14.8. The third kappa shape index (κ3) is 5.15. The smallest absolute Gasteiger partial charge is 0.337 e. The van der Waals surface area contributed by atoms with E-state index in [2.05, 4.69) is 4.99 Å². The lowest BCUT2D eigenvalue weighted by Gasteiger charge is -2.23. The van der Waals surface area contributed by atoms with Crippen molar-refractivity contribution in [3.05, 3.63) is 103 Å². The van der Waals surface area contributed by atoms with Gasteiger partial charge in [0.05, 0.1) is 36.5 Å². The molecular formula is C29H25FN2O6S. The zero-order chi connectivity index (χ0) is 27.5. The molecule has 10 heteroatoms. The molecule has 0 saturated carbocycles. The van der Waals surface area contributed by atoms with Gasteiger partial charge in [0, 0.05) is 17.8 Å². The van der Waals surface area contributed by atoms with E-state index >= 15 is 0 Å². The third-order valence-corrected chi connectivity index (χ3v) is 7.03. The van der Waals surface area contributed by atoms with Crippen molar-refractivity contribution in [2.75, 3.05) is 20.3 Å². The molecule has 2 aromatic heterocycles. The second-order valence-corrected chi connectivity index (χ2v) is 9.47. The van der Waals surface area contributed by atoms with Gasteiger partial charge >= 0.3 is 5.97 Å². The zero-order valence-corrected chi connectivity index (χ0v) is 22.3. The number of carbonyl (C=O) groups is 1. The first-order chi connectivity index (χ1) is 18.9. The van der Waals surface area contributed by atoms with Crippen LogP contribution in [0.2, 0.25) is 0 Å². The van der Waals surface area contributed by atoms with Crippen LogP contribution in [-0.2, 0) is 9.53 Å². The Morgan fingerprint density at radius 2 is 1.82 bits per heavy atom. The first-order valence-electron chi connectivity index (χ1n) is 12.3. The summed E-state index contributed by atoms with van der Waals surface area (Å²) in [7, 11) is 1.28. The fourth-order valence-corrected chi connectivity index (χ4v) is 5.27. The second-order valence-electron chi connectivity index (χ2n) is 8.46. The van der Waals surface area contributed by atoms with E-state index < -0.39 is 12.0 Å². The summed E-state index contributed by atoms with van der Waals surface area (Å²) in [5.41, 5.74) is 1.21. The van der Waals surface area contributed by atoms with E-state index in [-0.39, 0.29) is 16.9 Å². The molecule has 4 aromatic rings. The Kier molecular flexibility index (Phi) is 7.47. The molecule has 1 aliphatic rings. The lowest BCUT2D eigenvalue weighted by molar-refractivity contribution is -0.136. The number of thiazole rings is 1. The number of rotatable bonds is 8. The number of furan rings is 1. The maximum Gasteiger partial charge on any atom is 0.337 e. The van der Waals surface area contributed by atoms with Crippen LogP contribution >= 0.6 is 11.3 Å². The van der Waals surface area contributed by atoms with Crippen molar-refractivity contribution < 1.29 is 27.8 Å². The highest BCUT2D eigenvalue weighted by Gasteiger charge is 2.31. The summed E-state index contributed by atoms with van der Waals surface area (Å²) in [5, 5.41) is 0. The van der Waals surface area contributed by atoms with Crippen LogP contribution in [0, 0.1) is 5.82 Å². The van der Waals surface area contributed by atoms with Gasteiger partial charge in [0.2, 0.25) is 0 Å². The van der Waals surface area contributed by atoms with Gasteiger partial charge < -0.3 is 18.6 Å². The molecule has 3 heterocycles. The lowest BCUT2D eigenvalue weighted by atomic mass is 9.97. The quantitative estimate of drug-likeness (QED) is 0.306. The Morgan fingerprint density at radius 1 is 1.08 bits per heavy atom. The highest BCUT2D eigenvalue weighted by atomic mass is 32.1. The molecule has 39 heavy (non-hydrogen) atoms. The topological polar surface area (TPSA) is 92.3 Å². The Labute approximate surface area is 226 Å². The van der Waals surface area contributed by atoms with Gasteiger partial charge in [-0.3, -0.25) is 9.36 Å². The average molecular weight is 549 g/mol.